The molecule has 32 heavy (non-hydrogen) atoms. The van der Waals surface area contributed by atoms with Crippen LogP contribution in [0.25, 0.3) is 11.1 Å². The predicted octanol–water partition coefficient (Wildman–Crippen LogP) is 1.15. The lowest BCUT2D eigenvalue weighted by Gasteiger charge is -2.14. The molecule has 1 aliphatic heterocycles. The van der Waals surface area contributed by atoms with Crippen molar-refractivity contribution in [1.29, 1.82) is 0 Å². The monoisotopic (exact) mass is 445 g/mol. The van der Waals surface area contributed by atoms with E-state index in [9.17, 15) is 18.8 Å². The summed E-state index contributed by atoms with van der Waals surface area (Å²) in [6.45, 7) is 2.02. The Balaban J connectivity index is 1.61. The van der Waals surface area contributed by atoms with Gasteiger partial charge in [-0.3, -0.25) is 15.1 Å². The Morgan fingerprint density at radius 2 is 2.09 bits per heavy atom. The van der Waals surface area contributed by atoms with Crippen molar-refractivity contribution < 1.29 is 23.5 Å². The fourth-order valence-electron chi connectivity index (χ4n) is 2.98. The summed E-state index contributed by atoms with van der Waals surface area (Å²) in [6.07, 6.45) is 0.420. The number of amides is 4. The van der Waals surface area contributed by atoms with Crippen LogP contribution in [0.3, 0.4) is 0 Å². The largest absolute Gasteiger partial charge is 0.442 e. The van der Waals surface area contributed by atoms with Crippen LogP contribution in [0.1, 0.15) is 6.92 Å². The van der Waals surface area contributed by atoms with Gasteiger partial charge in [0, 0.05) is 31.3 Å². The van der Waals surface area contributed by atoms with E-state index in [1.165, 1.54) is 31.1 Å². The SMILES string of the molecule is CNC(=O)NNCNc1ccc(-c2ccc(N3C[C@H](CNC(C)=O)OC3=O)cc2F)cn1. The number of urea groups is 1. The average Bonchev–Trinajstić information content (AvgIpc) is 3.16. The number of hydrogen-bond donors (Lipinski definition) is 5. The Bertz CT molecular complexity index is 986. The van der Waals surface area contributed by atoms with Crippen LogP contribution >= 0.6 is 0 Å². The molecule has 0 aliphatic carbocycles. The molecule has 11 nitrogen and oxygen atoms in total. The second-order valence-electron chi connectivity index (χ2n) is 6.88. The molecular formula is C20H24FN7O4. The van der Waals surface area contributed by atoms with Gasteiger partial charge < -0.3 is 20.7 Å². The number of nitrogens with zero attached hydrogens (tertiary/aromatic N) is 2. The van der Waals surface area contributed by atoms with Gasteiger partial charge in [0.15, 0.2) is 0 Å². The highest BCUT2D eigenvalue weighted by molar-refractivity contribution is 5.90. The first kappa shape index (κ1) is 22.7. The smallest absolute Gasteiger partial charge is 0.414 e. The Kier molecular flexibility index (Phi) is 7.39. The van der Waals surface area contributed by atoms with Crippen LogP contribution in [-0.2, 0) is 9.53 Å². The molecule has 170 valence electrons. The van der Waals surface area contributed by atoms with Gasteiger partial charge in [0.05, 0.1) is 25.4 Å². The van der Waals surface area contributed by atoms with E-state index in [0.717, 1.165) is 0 Å². The lowest BCUT2D eigenvalue weighted by atomic mass is 10.1. The van der Waals surface area contributed by atoms with Crippen molar-refractivity contribution in [3.8, 4) is 11.1 Å². The van der Waals surface area contributed by atoms with E-state index in [1.807, 2.05) is 0 Å². The quantitative estimate of drug-likeness (QED) is 0.234. The summed E-state index contributed by atoms with van der Waals surface area (Å²) in [5.74, 6) is -0.205. The number of anilines is 2. The molecule has 0 unspecified atom stereocenters. The second-order valence-corrected chi connectivity index (χ2v) is 6.88. The minimum atomic E-state index is -0.593. The van der Waals surface area contributed by atoms with Crippen molar-refractivity contribution in [2.45, 2.75) is 13.0 Å². The van der Waals surface area contributed by atoms with E-state index in [2.05, 4.69) is 31.8 Å². The van der Waals surface area contributed by atoms with Crippen molar-refractivity contribution in [2.24, 2.45) is 0 Å². The van der Waals surface area contributed by atoms with E-state index in [-0.39, 0.29) is 31.7 Å². The highest BCUT2D eigenvalue weighted by atomic mass is 19.1. The molecule has 0 radical (unpaired) electrons. The molecule has 1 saturated heterocycles. The van der Waals surface area contributed by atoms with E-state index in [4.69, 9.17) is 4.74 Å². The standard InChI is InChI=1S/C20H24FN7O4/c1-12(29)23-9-15-10-28(20(31)32-15)14-4-5-16(17(21)7-14)13-3-6-18(24-8-13)25-11-26-27-19(30)22-2/h3-8,15,26H,9-11H2,1-2H3,(H,23,29)(H,24,25)(H2,22,27,30)/t15-/m0/s1. The number of rotatable bonds is 8. The fraction of sp³-hybridized carbons (Fsp3) is 0.300. The highest BCUT2D eigenvalue weighted by Gasteiger charge is 2.32. The summed E-state index contributed by atoms with van der Waals surface area (Å²) >= 11 is 0. The number of cyclic esters (lactones) is 1. The molecule has 5 N–H and O–H groups in total. The summed E-state index contributed by atoms with van der Waals surface area (Å²) in [5, 5.41) is 7.94. The van der Waals surface area contributed by atoms with E-state index >= 15 is 0 Å². The zero-order chi connectivity index (χ0) is 23.1. The first-order valence-corrected chi connectivity index (χ1v) is 9.80. The van der Waals surface area contributed by atoms with Crippen LogP contribution in [0.5, 0.6) is 0 Å². The first-order valence-electron chi connectivity index (χ1n) is 9.80. The average molecular weight is 445 g/mol. The van der Waals surface area contributed by atoms with Crippen molar-refractivity contribution in [2.75, 3.05) is 37.0 Å². The summed E-state index contributed by atoms with van der Waals surface area (Å²) in [4.78, 5) is 39.7. The number of aromatic nitrogens is 1. The number of carbonyl (C=O) groups excluding carboxylic acids is 3. The molecule has 2 aromatic rings. The molecule has 0 saturated carbocycles. The van der Waals surface area contributed by atoms with Crippen molar-refractivity contribution in [3.63, 3.8) is 0 Å². The minimum Gasteiger partial charge on any atom is -0.442 e. The molecule has 1 atom stereocenters. The van der Waals surface area contributed by atoms with Crippen LogP contribution < -0.4 is 31.7 Å². The Labute approximate surface area is 183 Å². The molecule has 12 heteroatoms. The topological polar surface area (TPSA) is 137 Å². The summed E-state index contributed by atoms with van der Waals surface area (Å²) in [6, 6.07) is 7.46. The molecule has 3 rings (SSSR count). The van der Waals surface area contributed by atoms with Gasteiger partial charge >= 0.3 is 12.1 Å². The number of pyridine rings is 1. The number of hydrogen-bond acceptors (Lipinski definition) is 7. The zero-order valence-electron chi connectivity index (χ0n) is 17.6. The van der Waals surface area contributed by atoms with Crippen LogP contribution in [0.4, 0.5) is 25.5 Å². The number of benzene rings is 1. The fourth-order valence-corrected chi connectivity index (χ4v) is 2.98. The minimum absolute atomic E-state index is 0.196. The number of hydrazine groups is 1. The van der Waals surface area contributed by atoms with E-state index in [0.29, 0.717) is 22.6 Å². The zero-order valence-corrected chi connectivity index (χ0v) is 17.6. The maximum absolute atomic E-state index is 14.8. The highest BCUT2D eigenvalue weighted by Crippen LogP contribution is 2.29. The van der Waals surface area contributed by atoms with Gasteiger partial charge in [-0.2, -0.15) is 0 Å². The Morgan fingerprint density at radius 1 is 1.28 bits per heavy atom. The van der Waals surface area contributed by atoms with Crippen LogP contribution in [0.2, 0.25) is 0 Å². The number of halogens is 1. The van der Waals surface area contributed by atoms with Crippen molar-refractivity contribution >= 4 is 29.5 Å². The number of nitrogens with one attached hydrogen (secondary N) is 5. The molecule has 1 aromatic carbocycles. The van der Waals surface area contributed by atoms with Gasteiger partial charge in [0.1, 0.15) is 17.7 Å². The maximum Gasteiger partial charge on any atom is 0.414 e. The maximum atomic E-state index is 14.8. The van der Waals surface area contributed by atoms with Crippen molar-refractivity contribution in [3.05, 3.63) is 42.3 Å². The number of ether oxygens (including phenoxy) is 1. The summed E-state index contributed by atoms with van der Waals surface area (Å²) < 4.78 is 20.0. The molecule has 1 aromatic heterocycles. The lowest BCUT2D eigenvalue weighted by molar-refractivity contribution is -0.119. The van der Waals surface area contributed by atoms with Crippen molar-refractivity contribution in [1.82, 2.24) is 26.5 Å². The third kappa shape index (κ3) is 5.82. The molecule has 4 amide bonds. The Hall–Kier alpha value is -3.93. The van der Waals surface area contributed by atoms with Gasteiger partial charge in [0.2, 0.25) is 5.91 Å². The van der Waals surface area contributed by atoms with Gasteiger partial charge in [-0.05, 0) is 30.3 Å². The van der Waals surface area contributed by atoms with Crippen LogP contribution in [-0.4, -0.2) is 55.9 Å². The predicted molar refractivity (Wildman–Crippen MR) is 115 cm³/mol. The molecule has 0 spiro atoms. The van der Waals surface area contributed by atoms with Gasteiger partial charge in [-0.15, -0.1) is 0 Å². The van der Waals surface area contributed by atoms with Crippen LogP contribution in [0, 0.1) is 5.82 Å². The second kappa shape index (κ2) is 10.4. The van der Waals surface area contributed by atoms with Gasteiger partial charge in [-0.1, -0.05) is 0 Å². The van der Waals surface area contributed by atoms with E-state index in [1.54, 1.807) is 24.3 Å². The molecule has 0 bridgehead atoms. The first-order chi connectivity index (χ1) is 15.4. The normalized spacial score (nSPS) is 15.2. The lowest BCUT2D eigenvalue weighted by Crippen LogP contribution is -2.44. The molecule has 1 fully saturated rings. The van der Waals surface area contributed by atoms with Gasteiger partial charge in [0.25, 0.3) is 0 Å². The summed E-state index contributed by atoms with van der Waals surface area (Å²) in [7, 11) is 1.50. The third-order valence-corrected chi connectivity index (χ3v) is 4.58. The number of carbonyl (C=O) groups is 3. The van der Waals surface area contributed by atoms with Crippen LogP contribution in [0.15, 0.2) is 36.5 Å². The summed E-state index contributed by atoms with van der Waals surface area (Å²) in [5.41, 5.74) is 6.31. The molecular weight excluding hydrogens is 421 g/mol. The van der Waals surface area contributed by atoms with E-state index < -0.39 is 18.0 Å². The molecule has 2 heterocycles. The third-order valence-electron chi connectivity index (χ3n) is 4.58. The Morgan fingerprint density at radius 3 is 2.75 bits per heavy atom. The van der Waals surface area contributed by atoms with Gasteiger partial charge in [-0.25, -0.2) is 24.4 Å². The molecule has 1 aliphatic rings.